The minimum Gasteiger partial charge on any atom is -0.452 e. The Bertz CT molecular complexity index is 1240. The van der Waals surface area contributed by atoms with Crippen molar-refractivity contribution in [3.63, 3.8) is 0 Å². The summed E-state index contributed by atoms with van der Waals surface area (Å²) in [4.78, 5) is 25.1. The molecule has 1 aromatic heterocycles. The Labute approximate surface area is 170 Å². The van der Waals surface area contributed by atoms with Crippen LogP contribution < -0.4 is 5.32 Å². The zero-order valence-electron chi connectivity index (χ0n) is 15.3. The molecule has 0 bridgehead atoms. The minimum absolute atomic E-state index is 0.0462. The number of hydrogen-bond donors (Lipinski definition) is 1. The summed E-state index contributed by atoms with van der Waals surface area (Å²) in [7, 11) is 0. The van der Waals surface area contributed by atoms with Gasteiger partial charge < -0.3 is 9.73 Å². The van der Waals surface area contributed by atoms with Crippen LogP contribution in [0.15, 0.2) is 71.1 Å². The SMILES string of the molecule is Cc1c(C(=O)c2ccc(Cl)cc2)oc2ccc(NC(=O)c3ccccc3F)cc12. The first kappa shape index (κ1) is 18.9. The second kappa shape index (κ2) is 7.53. The van der Waals surface area contributed by atoms with Crippen LogP contribution in [0.2, 0.25) is 5.02 Å². The van der Waals surface area contributed by atoms with Crippen molar-refractivity contribution in [2.75, 3.05) is 5.32 Å². The van der Waals surface area contributed by atoms with Gasteiger partial charge in [-0.25, -0.2) is 4.39 Å². The van der Waals surface area contributed by atoms with E-state index >= 15 is 0 Å². The highest BCUT2D eigenvalue weighted by Gasteiger charge is 2.20. The maximum Gasteiger partial charge on any atom is 0.258 e. The third-order valence-corrected chi connectivity index (χ3v) is 4.88. The molecule has 1 amide bonds. The zero-order chi connectivity index (χ0) is 20.5. The number of aryl methyl sites for hydroxylation is 1. The molecule has 0 unspecified atom stereocenters. The van der Waals surface area contributed by atoms with E-state index in [1.54, 1.807) is 55.5 Å². The van der Waals surface area contributed by atoms with Crippen LogP contribution in [0, 0.1) is 12.7 Å². The van der Waals surface area contributed by atoms with Gasteiger partial charge in [-0.05, 0) is 61.5 Å². The Morgan fingerprint density at radius 3 is 2.45 bits per heavy atom. The number of furan rings is 1. The Balaban J connectivity index is 1.65. The highest BCUT2D eigenvalue weighted by molar-refractivity contribution is 6.30. The molecule has 6 heteroatoms. The van der Waals surface area contributed by atoms with Gasteiger partial charge in [0.1, 0.15) is 11.4 Å². The molecule has 0 spiro atoms. The number of benzene rings is 3. The fourth-order valence-corrected chi connectivity index (χ4v) is 3.22. The van der Waals surface area contributed by atoms with Gasteiger partial charge >= 0.3 is 0 Å². The number of fused-ring (bicyclic) bond motifs is 1. The molecule has 0 aliphatic carbocycles. The highest BCUT2D eigenvalue weighted by Crippen LogP contribution is 2.30. The standard InChI is InChI=1S/C23H15ClFNO3/c1-13-18-12-16(26-23(28)17-4-2-3-5-19(17)25)10-11-20(18)29-22(13)21(27)14-6-8-15(24)9-7-14/h2-12H,1H3,(H,26,28). The van der Waals surface area contributed by atoms with Gasteiger partial charge in [-0.15, -0.1) is 0 Å². The molecule has 29 heavy (non-hydrogen) atoms. The van der Waals surface area contributed by atoms with Crippen molar-refractivity contribution in [3.8, 4) is 0 Å². The van der Waals surface area contributed by atoms with E-state index in [1.165, 1.54) is 18.2 Å². The lowest BCUT2D eigenvalue weighted by Crippen LogP contribution is -2.13. The number of nitrogens with one attached hydrogen (secondary N) is 1. The molecule has 144 valence electrons. The van der Waals surface area contributed by atoms with Crippen LogP contribution in [-0.4, -0.2) is 11.7 Å². The molecule has 1 heterocycles. The van der Waals surface area contributed by atoms with Crippen molar-refractivity contribution >= 4 is 39.9 Å². The summed E-state index contributed by atoms with van der Waals surface area (Å²) in [6.45, 7) is 1.78. The van der Waals surface area contributed by atoms with Gasteiger partial charge in [0.25, 0.3) is 5.91 Å². The maximum absolute atomic E-state index is 13.8. The van der Waals surface area contributed by atoms with E-state index in [0.29, 0.717) is 32.8 Å². The van der Waals surface area contributed by atoms with Crippen molar-refractivity contribution in [1.29, 1.82) is 0 Å². The summed E-state index contributed by atoms with van der Waals surface area (Å²) in [5.41, 5.74) is 2.06. The second-order valence-electron chi connectivity index (χ2n) is 6.54. The Morgan fingerprint density at radius 2 is 1.72 bits per heavy atom. The lowest BCUT2D eigenvalue weighted by molar-refractivity contribution is 0.101. The van der Waals surface area contributed by atoms with Crippen LogP contribution >= 0.6 is 11.6 Å². The molecule has 0 saturated carbocycles. The Morgan fingerprint density at radius 1 is 1.00 bits per heavy atom. The predicted octanol–water partition coefficient (Wildman–Crippen LogP) is 6.02. The summed E-state index contributed by atoms with van der Waals surface area (Å²) < 4.78 is 19.6. The first-order chi connectivity index (χ1) is 13.9. The van der Waals surface area contributed by atoms with Crippen molar-refractivity contribution in [3.05, 3.63) is 100 Å². The summed E-state index contributed by atoms with van der Waals surface area (Å²) in [6, 6.07) is 17.3. The third-order valence-electron chi connectivity index (χ3n) is 4.63. The topological polar surface area (TPSA) is 59.3 Å². The Hall–Kier alpha value is -3.44. The molecule has 4 nitrogen and oxygen atoms in total. The van der Waals surface area contributed by atoms with Crippen LogP contribution in [0.4, 0.5) is 10.1 Å². The van der Waals surface area contributed by atoms with Crippen molar-refractivity contribution in [2.45, 2.75) is 6.92 Å². The van der Waals surface area contributed by atoms with E-state index in [1.807, 2.05) is 0 Å². The average molecular weight is 408 g/mol. The summed E-state index contributed by atoms with van der Waals surface area (Å²) in [5.74, 6) is -1.19. The van der Waals surface area contributed by atoms with Crippen molar-refractivity contribution in [1.82, 2.24) is 0 Å². The third kappa shape index (κ3) is 3.65. The van der Waals surface area contributed by atoms with Gasteiger partial charge in [-0.1, -0.05) is 23.7 Å². The normalized spacial score (nSPS) is 10.9. The van der Waals surface area contributed by atoms with Gasteiger partial charge in [0, 0.05) is 27.2 Å². The number of halogens is 2. The lowest BCUT2D eigenvalue weighted by Gasteiger charge is -2.06. The molecule has 3 aromatic carbocycles. The zero-order valence-corrected chi connectivity index (χ0v) is 16.1. The molecule has 0 atom stereocenters. The van der Waals surface area contributed by atoms with Crippen molar-refractivity contribution in [2.24, 2.45) is 0 Å². The number of rotatable bonds is 4. The average Bonchev–Trinajstić information content (AvgIpc) is 3.04. The predicted molar refractivity (Wildman–Crippen MR) is 110 cm³/mol. The molecule has 0 radical (unpaired) electrons. The number of ketones is 1. The number of amides is 1. The number of carbonyl (C=O) groups excluding carboxylic acids is 2. The van der Waals surface area contributed by atoms with Gasteiger partial charge in [-0.2, -0.15) is 0 Å². The van der Waals surface area contributed by atoms with Gasteiger partial charge in [0.15, 0.2) is 5.76 Å². The van der Waals surface area contributed by atoms with Crippen LogP contribution in [0.5, 0.6) is 0 Å². The lowest BCUT2D eigenvalue weighted by atomic mass is 10.0. The molecule has 0 saturated heterocycles. The Kier molecular flexibility index (Phi) is 4.91. The largest absolute Gasteiger partial charge is 0.452 e. The van der Waals surface area contributed by atoms with E-state index in [-0.39, 0.29) is 17.1 Å². The van der Waals surface area contributed by atoms with Crippen molar-refractivity contribution < 1.29 is 18.4 Å². The molecule has 1 N–H and O–H groups in total. The smallest absolute Gasteiger partial charge is 0.258 e. The summed E-state index contributed by atoms with van der Waals surface area (Å²) in [5, 5.41) is 3.90. The molecule has 0 aliphatic rings. The second-order valence-corrected chi connectivity index (χ2v) is 6.97. The van der Waals surface area contributed by atoms with Gasteiger partial charge in [-0.3, -0.25) is 9.59 Å². The van der Waals surface area contributed by atoms with Gasteiger partial charge in [0.05, 0.1) is 5.56 Å². The van der Waals surface area contributed by atoms with E-state index in [0.717, 1.165) is 0 Å². The van der Waals surface area contributed by atoms with E-state index in [4.69, 9.17) is 16.0 Å². The van der Waals surface area contributed by atoms with Gasteiger partial charge in [0.2, 0.25) is 5.78 Å². The molecule has 0 fully saturated rings. The van der Waals surface area contributed by atoms with E-state index < -0.39 is 11.7 Å². The fourth-order valence-electron chi connectivity index (χ4n) is 3.09. The quantitative estimate of drug-likeness (QED) is 0.421. The number of anilines is 1. The van der Waals surface area contributed by atoms with E-state index in [9.17, 15) is 14.0 Å². The summed E-state index contributed by atoms with van der Waals surface area (Å²) >= 11 is 5.88. The first-order valence-corrected chi connectivity index (χ1v) is 9.21. The first-order valence-electron chi connectivity index (χ1n) is 8.83. The van der Waals surface area contributed by atoms with Crippen LogP contribution in [-0.2, 0) is 0 Å². The fraction of sp³-hybridized carbons (Fsp3) is 0.0435. The number of carbonyl (C=O) groups is 2. The summed E-state index contributed by atoms with van der Waals surface area (Å²) in [6.07, 6.45) is 0. The maximum atomic E-state index is 13.8. The monoisotopic (exact) mass is 407 g/mol. The molecule has 4 rings (SSSR count). The van der Waals surface area contributed by atoms with Crippen LogP contribution in [0.1, 0.15) is 32.0 Å². The van der Waals surface area contributed by atoms with Crippen LogP contribution in [0.3, 0.4) is 0 Å². The van der Waals surface area contributed by atoms with Crippen LogP contribution in [0.25, 0.3) is 11.0 Å². The molecular formula is C23H15ClFNO3. The number of hydrogen-bond acceptors (Lipinski definition) is 3. The van der Waals surface area contributed by atoms with E-state index in [2.05, 4.69) is 5.32 Å². The molecule has 4 aromatic rings. The minimum atomic E-state index is -0.596. The highest BCUT2D eigenvalue weighted by atomic mass is 35.5. The molecule has 0 aliphatic heterocycles. The molecular weight excluding hydrogens is 393 g/mol.